The molecule has 2 aromatic carbocycles. The first-order valence-electron chi connectivity index (χ1n) is 8.03. The minimum absolute atomic E-state index is 0.151. The van der Waals surface area contributed by atoms with Crippen molar-refractivity contribution in [3.63, 3.8) is 0 Å². The van der Waals surface area contributed by atoms with Crippen LogP contribution in [0.5, 0.6) is 0 Å². The maximum atomic E-state index is 12.7. The molecule has 0 radical (unpaired) electrons. The highest BCUT2D eigenvalue weighted by molar-refractivity contribution is 9.10. The molecule has 0 spiro atoms. The zero-order chi connectivity index (χ0) is 15.9. The Hall–Kier alpha value is -1.65. The Kier molecular flexibility index (Phi) is 3.74. The van der Waals surface area contributed by atoms with Crippen LogP contribution in [0.4, 0.5) is 0 Å². The Morgan fingerprint density at radius 1 is 1.09 bits per heavy atom. The molecule has 2 aliphatic rings. The SMILES string of the molecule is O=C(NCc1ccc2c(c1)CNC2)C1(c2ccc(Br)cc2)CC1. The van der Waals surface area contributed by atoms with Gasteiger partial charge in [-0.3, -0.25) is 4.79 Å². The molecule has 1 amide bonds. The van der Waals surface area contributed by atoms with Crippen molar-refractivity contribution in [3.8, 4) is 0 Å². The van der Waals surface area contributed by atoms with Crippen LogP contribution in [0, 0.1) is 0 Å². The molecule has 1 heterocycles. The van der Waals surface area contributed by atoms with Gasteiger partial charge in [0.1, 0.15) is 0 Å². The van der Waals surface area contributed by atoms with E-state index >= 15 is 0 Å². The molecular formula is C19H19BrN2O. The molecule has 0 atom stereocenters. The largest absolute Gasteiger partial charge is 0.351 e. The number of nitrogens with one attached hydrogen (secondary N) is 2. The van der Waals surface area contributed by atoms with Crippen molar-refractivity contribution in [2.75, 3.05) is 0 Å². The standard InChI is InChI=1S/C19H19BrN2O/c20-17-5-3-16(4-6-17)19(7-8-19)18(23)22-10-13-1-2-14-11-21-12-15(14)9-13/h1-6,9,21H,7-8,10-12H2,(H,22,23). The number of benzene rings is 2. The Bertz CT molecular complexity index is 750. The maximum Gasteiger partial charge on any atom is 0.230 e. The topological polar surface area (TPSA) is 41.1 Å². The molecule has 1 saturated carbocycles. The van der Waals surface area contributed by atoms with E-state index < -0.39 is 0 Å². The number of amides is 1. The summed E-state index contributed by atoms with van der Waals surface area (Å²) in [6, 6.07) is 14.6. The van der Waals surface area contributed by atoms with E-state index in [0.717, 1.165) is 36.0 Å². The van der Waals surface area contributed by atoms with Gasteiger partial charge in [0.05, 0.1) is 5.41 Å². The Morgan fingerprint density at radius 2 is 1.83 bits per heavy atom. The number of hydrogen-bond donors (Lipinski definition) is 2. The van der Waals surface area contributed by atoms with E-state index in [-0.39, 0.29) is 11.3 Å². The minimum Gasteiger partial charge on any atom is -0.351 e. The van der Waals surface area contributed by atoms with Crippen molar-refractivity contribution in [3.05, 3.63) is 69.2 Å². The summed E-state index contributed by atoms with van der Waals surface area (Å²) >= 11 is 3.45. The highest BCUT2D eigenvalue weighted by atomic mass is 79.9. The molecule has 0 bridgehead atoms. The van der Waals surface area contributed by atoms with Gasteiger partial charge in [-0.25, -0.2) is 0 Å². The number of carbonyl (C=O) groups excluding carboxylic acids is 1. The Morgan fingerprint density at radius 3 is 2.57 bits per heavy atom. The van der Waals surface area contributed by atoms with Gasteiger partial charge in [0.2, 0.25) is 5.91 Å². The third-order valence-corrected chi connectivity index (χ3v) is 5.46. The summed E-state index contributed by atoms with van der Waals surface area (Å²) in [5.41, 5.74) is 4.71. The summed E-state index contributed by atoms with van der Waals surface area (Å²) in [5.74, 6) is 0.151. The average Bonchev–Trinajstić information content (AvgIpc) is 3.24. The van der Waals surface area contributed by atoms with Crippen LogP contribution in [-0.4, -0.2) is 5.91 Å². The summed E-state index contributed by atoms with van der Waals surface area (Å²) in [4.78, 5) is 12.7. The molecule has 1 aliphatic carbocycles. The number of hydrogen-bond acceptors (Lipinski definition) is 2. The van der Waals surface area contributed by atoms with E-state index in [0.29, 0.717) is 6.54 Å². The molecule has 0 unspecified atom stereocenters. The summed E-state index contributed by atoms with van der Waals surface area (Å²) in [5, 5.41) is 6.48. The number of fused-ring (bicyclic) bond motifs is 1. The lowest BCUT2D eigenvalue weighted by molar-refractivity contribution is -0.123. The Labute approximate surface area is 144 Å². The van der Waals surface area contributed by atoms with Gasteiger partial charge in [-0.05, 0) is 47.2 Å². The van der Waals surface area contributed by atoms with Gasteiger partial charge in [0.25, 0.3) is 0 Å². The summed E-state index contributed by atoms with van der Waals surface area (Å²) in [6.07, 6.45) is 1.88. The minimum atomic E-state index is -0.307. The van der Waals surface area contributed by atoms with Gasteiger partial charge in [-0.1, -0.05) is 46.3 Å². The van der Waals surface area contributed by atoms with Gasteiger partial charge in [0.15, 0.2) is 0 Å². The molecule has 23 heavy (non-hydrogen) atoms. The van der Waals surface area contributed by atoms with Crippen molar-refractivity contribution >= 4 is 21.8 Å². The van der Waals surface area contributed by atoms with E-state index in [2.05, 4.69) is 56.9 Å². The van der Waals surface area contributed by atoms with Crippen molar-refractivity contribution in [1.82, 2.24) is 10.6 Å². The molecule has 118 valence electrons. The van der Waals surface area contributed by atoms with Gasteiger partial charge in [-0.2, -0.15) is 0 Å². The van der Waals surface area contributed by atoms with Gasteiger partial charge in [0, 0.05) is 24.1 Å². The molecular weight excluding hydrogens is 352 g/mol. The lowest BCUT2D eigenvalue weighted by Gasteiger charge is -2.16. The van der Waals surface area contributed by atoms with Crippen molar-refractivity contribution in [2.24, 2.45) is 0 Å². The molecule has 2 N–H and O–H groups in total. The Balaban J connectivity index is 1.45. The first-order chi connectivity index (χ1) is 11.2. The predicted octanol–water partition coefficient (Wildman–Crippen LogP) is 3.40. The highest BCUT2D eigenvalue weighted by Gasteiger charge is 2.50. The molecule has 4 heteroatoms. The van der Waals surface area contributed by atoms with Crippen molar-refractivity contribution in [2.45, 2.75) is 37.9 Å². The normalized spacial score (nSPS) is 17.6. The first kappa shape index (κ1) is 14.9. The second-order valence-corrected chi connectivity index (χ2v) is 7.39. The van der Waals surface area contributed by atoms with E-state index in [1.54, 1.807) is 0 Å². The lowest BCUT2D eigenvalue weighted by atomic mass is 9.95. The number of carbonyl (C=O) groups is 1. The van der Waals surface area contributed by atoms with Gasteiger partial charge in [-0.15, -0.1) is 0 Å². The van der Waals surface area contributed by atoms with Crippen LogP contribution in [0.15, 0.2) is 46.9 Å². The van der Waals surface area contributed by atoms with Crippen LogP contribution < -0.4 is 10.6 Å². The van der Waals surface area contributed by atoms with Gasteiger partial charge < -0.3 is 10.6 Å². The van der Waals surface area contributed by atoms with Crippen LogP contribution in [0.3, 0.4) is 0 Å². The molecule has 1 fully saturated rings. The summed E-state index contributed by atoms with van der Waals surface area (Å²) in [6.45, 7) is 2.49. The zero-order valence-electron chi connectivity index (χ0n) is 12.9. The second kappa shape index (κ2) is 5.77. The molecule has 4 rings (SSSR count). The molecule has 3 nitrogen and oxygen atoms in total. The van der Waals surface area contributed by atoms with E-state index in [9.17, 15) is 4.79 Å². The van der Waals surface area contributed by atoms with Gasteiger partial charge >= 0.3 is 0 Å². The molecule has 2 aromatic rings. The number of rotatable bonds is 4. The highest BCUT2D eigenvalue weighted by Crippen LogP contribution is 2.48. The predicted molar refractivity (Wildman–Crippen MR) is 93.9 cm³/mol. The van der Waals surface area contributed by atoms with Crippen LogP contribution in [-0.2, 0) is 29.8 Å². The van der Waals surface area contributed by atoms with Crippen molar-refractivity contribution in [1.29, 1.82) is 0 Å². The third-order valence-electron chi connectivity index (χ3n) is 4.94. The zero-order valence-corrected chi connectivity index (χ0v) is 14.4. The fourth-order valence-corrected chi connectivity index (χ4v) is 3.61. The van der Waals surface area contributed by atoms with E-state index in [1.165, 1.54) is 16.7 Å². The van der Waals surface area contributed by atoms with Crippen LogP contribution in [0.2, 0.25) is 0 Å². The molecule has 0 aromatic heterocycles. The lowest BCUT2D eigenvalue weighted by Crippen LogP contribution is -2.34. The average molecular weight is 371 g/mol. The first-order valence-corrected chi connectivity index (χ1v) is 8.82. The summed E-state index contributed by atoms with van der Waals surface area (Å²) in [7, 11) is 0. The van der Waals surface area contributed by atoms with Crippen molar-refractivity contribution < 1.29 is 4.79 Å². The van der Waals surface area contributed by atoms with Crippen LogP contribution in [0.1, 0.15) is 35.1 Å². The van der Waals surface area contributed by atoms with Crippen LogP contribution in [0.25, 0.3) is 0 Å². The fraction of sp³-hybridized carbons (Fsp3) is 0.316. The third kappa shape index (κ3) is 2.81. The smallest absolute Gasteiger partial charge is 0.230 e. The number of halogens is 1. The summed E-state index contributed by atoms with van der Waals surface area (Å²) < 4.78 is 1.05. The second-order valence-electron chi connectivity index (χ2n) is 6.48. The molecule has 1 aliphatic heterocycles. The quantitative estimate of drug-likeness (QED) is 0.865. The van der Waals surface area contributed by atoms with E-state index in [4.69, 9.17) is 0 Å². The fourth-order valence-electron chi connectivity index (χ4n) is 3.35. The van der Waals surface area contributed by atoms with Crippen LogP contribution >= 0.6 is 15.9 Å². The maximum absolute atomic E-state index is 12.7. The monoisotopic (exact) mass is 370 g/mol. The van der Waals surface area contributed by atoms with E-state index in [1.807, 2.05) is 12.1 Å². The molecule has 0 saturated heterocycles.